The van der Waals surface area contributed by atoms with Crippen molar-refractivity contribution in [2.24, 2.45) is 4.99 Å². The summed E-state index contributed by atoms with van der Waals surface area (Å²) < 4.78 is 0. The number of hydrogen-bond donors (Lipinski definition) is 2. The lowest BCUT2D eigenvalue weighted by atomic mass is 9.94. The van der Waals surface area contributed by atoms with Gasteiger partial charge in [-0.25, -0.2) is 9.98 Å². The molecule has 0 saturated heterocycles. The van der Waals surface area contributed by atoms with Crippen LogP contribution in [0.3, 0.4) is 0 Å². The molecule has 0 aliphatic heterocycles. The number of aryl methyl sites for hydroxylation is 3. The van der Waals surface area contributed by atoms with Crippen LogP contribution in [-0.4, -0.2) is 24.3 Å². The number of nitrogens with one attached hydrogen (secondary N) is 2. The highest BCUT2D eigenvalue weighted by Gasteiger charge is 2.11. The van der Waals surface area contributed by atoms with Crippen LogP contribution in [0, 0.1) is 31.6 Å². The molecule has 0 fully saturated rings. The number of benzene rings is 7. The van der Waals surface area contributed by atoms with Crippen molar-refractivity contribution >= 4 is 51.7 Å². The molecule has 0 bridgehead atoms. The molecular formula is C53H48N4. The minimum atomic E-state index is 0.120. The van der Waals surface area contributed by atoms with Gasteiger partial charge in [-0.3, -0.25) is 5.41 Å². The van der Waals surface area contributed by atoms with Crippen LogP contribution in [-0.2, 0) is 0 Å². The summed E-state index contributed by atoms with van der Waals surface area (Å²) in [5.74, 6) is 0.120. The van der Waals surface area contributed by atoms with Crippen LogP contribution in [0.5, 0.6) is 0 Å². The van der Waals surface area contributed by atoms with Crippen molar-refractivity contribution in [2.45, 2.75) is 20.8 Å². The molecule has 7 aromatic carbocycles. The van der Waals surface area contributed by atoms with E-state index in [4.69, 9.17) is 15.8 Å². The van der Waals surface area contributed by atoms with Crippen molar-refractivity contribution in [3.63, 3.8) is 0 Å². The minimum absolute atomic E-state index is 0.120. The zero-order chi connectivity index (χ0) is 40.7. The van der Waals surface area contributed by atoms with Gasteiger partial charge < -0.3 is 5.41 Å². The highest BCUT2D eigenvalue weighted by atomic mass is 14.8. The Balaban J connectivity index is 0.000000271. The van der Waals surface area contributed by atoms with Gasteiger partial charge in [0.25, 0.3) is 0 Å². The van der Waals surface area contributed by atoms with Crippen molar-refractivity contribution in [3.8, 4) is 33.5 Å². The maximum atomic E-state index is 7.18. The first-order valence-corrected chi connectivity index (χ1v) is 18.7. The van der Waals surface area contributed by atoms with Crippen molar-refractivity contribution in [2.75, 3.05) is 0 Å². The van der Waals surface area contributed by atoms with Gasteiger partial charge in [-0.15, -0.1) is 0 Å². The number of rotatable bonds is 6. The second-order valence-corrected chi connectivity index (χ2v) is 13.5. The molecule has 8 rings (SSSR count). The number of amidine groups is 1. The third kappa shape index (κ3) is 10.3. The Morgan fingerprint density at radius 2 is 1.05 bits per heavy atom. The third-order valence-corrected chi connectivity index (χ3v) is 9.41. The van der Waals surface area contributed by atoms with Gasteiger partial charge in [0, 0.05) is 21.9 Å². The van der Waals surface area contributed by atoms with Gasteiger partial charge in [0.05, 0.1) is 11.2 Å². The Bertz CT molecular complexity index is 2700. The fourth-order valence-corrected chi connectivity index (χ4v) is 6.56. The molecule has 280 valence electrons. The summed E-state index contributed by atoms with van der Waals surface area (Å²) >= 11 is 0. The Labute approximate surface area is 337 Å². The number of allylic oxidation sites excluding steroid dienone is 2. The molecule has 1 aromatic heterocycles. The van der Waals surface area contributed by atoms with Crippen LogP contribution in [0.25, 0.3) is 66.0 Å². The first-order chi connectivity index (χ1) is 27.8. The van der Waals surface area contributed by atoms with Crippen LogP contribution >= 0.6 is 0 Å². The zero-order valence-electron chi connectivity index (χ0n) is 33.0. The number of fused-ring (bicyclic) bond motifs is 4. The van der Waals surface area contributed by atoms with E-state index in [0.29, 0.717) is 5.57 Å². The SMILES string of the molecule is C=C/C=C(\C=C)C(=N)N=C.C=N.Cc1ccc(-c2cc(C)cc(-c3ccc4cc(-c5nc6ccccc6c6ccccc56)ccc4c3)c2)cc1.Cc1ccccc1. The Morgan fingerprint density at radius 1 is 0.526 bits per heavy atom. The normalized spacial score (nSPS) is 10.5. The molecule has 0 spiro atoms. The van der Waals surface area contributed by atoms with E-state index in [1.807, 2.05) is 18.2 Å². The van der Waals surface area contributed by atoms with E-state index >= 15 is 0 Å². The van der Waals surface area contributed by atoms with Gasteiger partial charge in [-0.1, -0.05) is 176 Å². The lowest BCUT2D eigenvalue weighted by molar-refractivity contribution is 1.43. The Hall–Kier alpha value is -7.30. The monoisotopic (exact) mass is 740 g/mol. The fraction of sp³-hybridized carbons (Fsp3) is 0.0566. The lowest BCUT2D eigenvalue weighted by Gasteiger charge is -2.12. The summed E-state index contributed by atoms with van der Waals surface area (Å²) in [4.78, 5) is 8.52. The van der Waals surface area contributed by atoms with E-state index in [2.05, 4.69) is 192 Å². The standard InChI is InChI=1S/C37H27N.C8H10N2.C7H8.CH3N/c1-24-11-13-26(14-12-24)31-19-25(2)20-32(23-31)29-16-15-28-22-30(18-17-27(28)21-29)37-35-9-4-3-7-33(35)34-8-5-6-10-36(34)38-37;1-4-6-7(5-2)8(9)10-3;1-7-5-3-2-4-6-7;1-2/h3-23H,1-2H3;4-6,9H,1-3H2;2-6H,1H3;2H,1H2/b;7-6+,9-8?;;. The van der Waals surface area contributed by atoms with Crippen molar-refractivity contribution in [1.82, 2.24) is 4.98 Å². The smallest absolute Gasteiger partial charge is 0.151 e. The van der Waals surface area contributed by atoms with Crippen LogP contribution in [0.2, 0.25) is 0 Å². The molecule has 0 amide bonds. The molecule has 0 saturated carbocycles. The molecule has 0 unspecified atom stereocenters. The molecular weight excluding hydrogens is 693 g/mol. The number of pyridine rings is 1. The molecule has 57 heavy (non-hydrogen) atoms. The predicted octanol–water partition coefficient (Wildman–Crippen LogP) is 14.4. The molecule has 0 radical (unpaired) electrons. The number of para-hydroxylation sites is 1. The number of hydrogen-bond acceptors (Lipinski definition) is 3. The molecule has 0 aliphatic carbocycles. The molecule has 4 nitrogen and oxygen atoms in total. The molecule has 0 atom stereocenters. The topological polar surface area (TPSA) is 73.0 Å². The lowest BCUT2D eigenvalue weighted by Crippen LogP contribution is -1.92. The van der Waals surface area contributed by atoms with E-state index in [0.717, 1.165) is 16.8 Å². The minimum Gasteiger partial charge on any atom is -0.317 e. The highest BCUT2D eigenvalue weighted by Crippen LogP contribution is 2.35. The molecule has 1 heterocycles. The summed E-state index contributed by atoms with van der Waals surface area (Å²) in [6.45, 7) is 19.1. The third-order valence-electron chi connectivity index (χ3n) is 9.41. The van der Waals surface area contributed by atoms with Gasteiger partial charge >= 0.3 is 0 Å². The van der Waals surface area contributed by atoms with Crippen LogP contribution in [0.15, 0.2) is 200 Å². The van der Waals surface area contributed by atoms with Crippen molar-refractivity contribution in [1.29, 1.82) is 10.8 Å². The summed E-state index contributed by atoms with van der Waals surface area (Å²) in [7, 11) is 0. The molecule has 2 N–H and O–H groups in total. The van der Waals surface area contributed by atoms with Crippen LogP contribution in [0.4, 0.5) is 0 Å². The zero-order valence-corrected chi connectivity index (χ0v) is 33.0. The van der Waals surface area contributed by atoms with Gasteiger partial charge in [0.2, 0.25) is 0 Å². The fourth-order valence-electron chi connectivity index (χ4n) is 6.56. The largest absolute Gasteiger partial charge is 0.317 e. The second kappa shape index (κ2) is 19.9. The van der Waals surface area contributed by atoms with E-state index in [-0.39, 0.29) is 5.84 Å². The van der Waals surface area contributed by atoms with E-state index in [1.54, 1.807) is 18.2 Å². The second-order valence-electron chi connectivity index (χ2n) is 13.5. The summed E-state index contributed by atoms with van der Waals surface area (Å²) in [6.07, 6.45) is 4.78. The van der Waals surface area contributed by atoms with E-state index in [1.165, 1.54) is 65.9 Å². The van der Waals surface area contributed by atoms with Crippen molar-refractivity contribution < 1.29 is 0 Å². The van der Waals surface area contributed by atoms with Gasteiger partial charge in [0.15, 0.2) is 5.84 Å². The van der Waals surface area contributed by atoms with Crippen molar-refractivity contribution in [3.05, 3.63) is 211 Å². The summed E-state index contributed by atoms with van der Waals surface area (Å²) in [5.41, 5.74) is 12.7. The van der Waals surface area contributed by atoms with Gasteiger partial charge in [-0.2, -0.15) is 0 Å². The van der Waals surface area contributed by atoms with Gasteiger partial charge in [0.1, 0.15) is 0 Å². The number of nitrogens with zero attached hydrogens (tertiary/aromatic N) is 2. The molecule has 8 aromatic rings. The average molecular weight is 741 g/mol. The Morgan fingerprint density at radius 3 is 1.65 bits per heavy atom. The van der Waals surface area contributed by atoms with Gasteiger partial charge in [-0.05, 0) is 102 Å². The molecule has 0 aliphatic rings. The Kier molecular flexibility index (Phi) is 14.2. The van der Waals surface area contributed by atoms with E-state index in [9.17, 15) is 0 Å². The highest BCUT2D eigenvalue weighted by molar-refractivity contribution is 6.11. The van der Waals surface area contributed by atoms with Crippen LogP contribution < -0.4 is 0 Å². The summed E-state index contributed by atoms with van der Waals surface area (Å²) in [5, 5.41) is 18.8. The first-order valence-electron chi connectivity index (χ1n) is 18.7. The maximum Gasteiger partial charge on any atom is 0.151 e. The average Bonchev–Trinajstić information content (AvgIpc) is 3.26. The quantitative estimate of drug-likeness (QED) is 0.0757. The predicted molar refractivity (Wildman–Crippen MR) is 249 cm³/mol. The van der Waals surface area contributed by atoms with Crippen LogP contribution in [0.1, 0.15) is 16.7 Å². The number of aromatic nitrogens is 1. The summed E-state index contributed by atoms with van der Waals surface area (Å²) in [6, 6.07) is 56.4. The first kappa shape index (κ1) is 40.9. The molecule has 4 heteroatoms. The number of aliphatic imine (C=N–C) groups is 1. The maximum absolute atomic E-state index is 7.18. The van der Waals surface area contributed by atoms with E-state index < -0.39 is 0 Å².